The second-order valence-electron chi connectivity index (χ2n) is 4.78. The molecular weight excluding hydrogens is 307 g/mol. The number of carboxylic acids is 2. The molecule has 0 amide bonds. The summed E-state index contributed by atoms with van der Waals surface area (Å²) in [5.41, 5.74) is 0.236. The van der Waals surface area contributed by atoms with Crippen LogP contribution in [0.2, 0.25) is 0 Å². The Morgan fingerprint density at radius 1 is 1.17 bits per heavy atom. The Balaban J connectivity index is 3.37. The van der Waals surface area contributed by atoms with Crippen molar-refractivity contribution in [3.05, 3.63) is 41.2 Å². The van der Waals surface area contributed by atoms with E-state index in [9.17, 15) is 29.0 Å². The van der Waals surface area contributed by atoms with Gasteiger partial charge in [-0.2, -0.15) is 0 Å². The Morgan fingerprint density at radius 2 is 1.74 bits per heavy atom. The lowest BCUT2D eigenvalue weighted by Crippen LogP contribution is -2.32. The van der Waals surface area contributed by atoms with Gasteiger partial charge in [0.15, 0.2) is 5.92 Å². The Hall–Kier alpha value is -2.70. The van der Waals surface area contributed by atoms with Gasteiger partial charge in [0.05, 0.1) is 12.5 Å². The van der Waals surface area contributed by atoms with Crippen LogP contribution in [0.15, 0.2) is 29.8 Å². The standard InChI is InChI=1S/C16H17FO6/c1-3-23-16(22)13(15(20)21)12(9(2)14(18)19)8-10-4-6-11(17)7-5-10/h4-9,13H,3H2,1-2H3,(H,18,19)(H,20,21). The van der Waals surface area contributed by atoms with Crippen molar-refractivity contribution in [2.75, 3.05) is 6.61 Å². The summed E-state index contributed by atoms with van der Waals surface area (Å²) in [6, 6.07) is 5.01. The number of hydrogen-bond acceptors (Lipinski definition) is 4. The molecule has 0 spiro atoms. The number of carbonyl (C=O) groups is 3. The molecule has 0 saturated carbocycles. The lowest BCUT2D eigenvalue weighted by Gasteiger charge is -2.18. The van der Waals surface area contributed by atoms with E-state index in [-0.39, 0.29) is 12.2 Å². The predicted octanol–water partition coefficient (Wildman–Crippen LogP) is 2.19. The van der Waals surface area contributed by atoms with E-state index in [1.165, 1.54) is 32.1 Å². The molecule has 0 radical (unpaired) electrons. The number of halogens is 1. The van der Waals surface area contributed by atoms with Crippen LogP contribution in [0.4, 0.5) is 4.39 Å². The first-order valence-corrected chi connectivity index (χ1v) is 6.87. The minimum absolute atomic E-state index is 0.0338. The highest BCUT2D eigenvalue weighted by Crippen LogP contribution is 2.26. The van der Waals surface area contributed by atoms with Crippen LogP contribution >= 0.6 is 0 Å². The van der Waals surface area contributed by atoms with Gasteiger partial charge in [0.1, 0.15) is 5.82 Å². The van der Waals surface area contributed by atoms with Crippen LogP contribution in [-0.4, -0.2) is 34.7 Å². The van der Waals surface area contributed by atoms with Gasteiger partial charge in [0.25, 0.3) is 0 Å². The largest absolute Gasteiger partial charge is 0.481 e. The summed E-state index contributed by atoms with van der Waals surface area (Å²) in [6.45, 7) is 2.75. The highest BCUT2D eigenvalue weighted by atomic mass is 19.1. The van der Waals surface area contributed by atoms with Gasteiger partial charge in [0.2, 0.25) is 0 Å². The molecule has 2 N–H and O–H groups in total. The van der Waals surface area contributed by atoms with Gasteiger partial charge in [0, 0.05) is 0 Å². The van der Waals surface area contributed by atoms with Crippen LogP contribution in [-0.2, 0) is 19.1 Å². The Bertz CT molecular complexity index is 620. The lowest BCUT2D eigenvalue weighted by atomic mass is 9.87. The summed E-state index contributed by atoms with van der Waals surface area (Å²) in [6.07, 6.45) is 1.26. The van der Waals surface area contributed by atoms with E-state index in [4.69, 9.17) is 4.74 Å². The maximum absolute atomic E-state index is 12.9. The normalized spacial score (nSPS) is 14.0. The highest BCUT2D eigenvalue weighted by molar-refractivity contribution is 6.00. The van der Waals surface area contributed by atoms with E-state index in [0.29, 0.717) is 5.56 Å². The predicted molar refractivity (Wildman–Crippen MR) is 78.9 cm³/mol. The lowest BCUT2D eigenvalue weighted by molar-refractivity contribution is -0.156. The van der Waals surface area contributed by atoms with Gasteiger partial charge < -0.3 is 14.9 Å². The van der Waals surface area contributed by atoms with Crippen molar-refractivity contribution in [1.82, 2.24) is 0 Å². The molecule has 6 nitrogen and oxygen atoms in total. The summed E-state index contributed by atoms with van der Waals surface area (Å²) in [5, 5.41) is 18.5. The topological polar surface area (TPSA) is 101 Å². The molecule has 0 aliphatic heterocycles. The zero-order valence-corrected chi connectivity index (χ0v) is 12.7. The van der Waals surface area contributed by atoms with Crippen LogP contribution in [0.5, 0.6) is 0 Å². The number of benzene rings is 1. The van der Waals surface area contributed by atoms with Gasteiger partial charge in [-0.3, -0.25) is 14.4 Å². The minimum atomic E-state index is -1.74. The Kier molecular flexibility index (Phi) is 6.44. The molecule has 7 heteroatoms. The van der Waals surface area contributed by atoms with Gasteiger partial charge in [-0.05, 0) is 37.1 Å². The number of aliphatic carboxylic acids is 2. The molecule has 0 fully saturated rings. The van der Waals surface area contributed by atoms with E-state index < -0.39 is 35.6 Å². The van der Waals surface area contributed by atoms with Crippen LogP contribution < -0.4 is 0 Å². The minimum Gasteiger partial charge on any atom is -0.481 e. The van der Waals surface area contributed by atoms with E-state index in [1.54, 1.807) is 0 Å². The molecule has 0 aliphatic carbocycles. The Labute approximate surface area is 132 Å². The van der Waals surface area contributed by atoms with Gasteiger partial charge in [-0.25, -0.2) is 4.39 Å². The molecule has 1 rings (SSSR count). The fourth-order valence-electron chi connectivity index (χ4n) is 1.96. The molecular formula is C16H17FO6. The third-order valence-corrected chi connectivity index (χ3v) is 3.18. The molecule has 1 aromatic rings. The van der Waals surface area contributed by atoms with Crippen LogP contribution in [0, 0.1) is 17.7 Å². The smallest absolute Gasteiger partial charge is 0.324 e. The molecule has 0 heterocycles. The number of rotatable bonds is 7. The fraction of sp³-hybridized carbons (Fsp3) is 0.312. The molecule has 1 aromatic carbocycles. The summed E-state index contributed by atoms with van der Waals surface area (Å²) < 4.78 is 17.7. The Morgan fingerprint density at radius 3 is 2.17 bits per heavy atom. The zero-order chi connectivity index (χ0) is 17.6. The van der Waals surface area contributed by atoms with E-state index in [1.807, 2.05) is 0 Å². The van der Waals surface area contributed by atoms with Crippen LogP contribution in [0.25, 0.3) is 6.08 Å². The molecule has 2 atom stereocenters. The van der Waals surface area contributed by atoms with Crippen molar-refractivity contribution >= 4 is 24.0 Å². The first-order chi connectivity index (χ1) is 10.8. The summed E-state index contributed by atoms with van der Waals surface area (Å²) in [7, 11) is 0. The zero-order valence-electron chi connectivity index (χ0n) is 12.7. The van der Waals surface area contributed by atoms with E-state index in [0.717, 1.165) is 12.1 Å². The number of esters is 1. The van der Waals surface area contributed by atoms with Gasteiger partial charge >= 0.3 is 17.9 Å². The molecule has 0 aliphatic rings. The molecule has 23 heavy (non-hydrogen) atoms. The SMILES string of the molecule is CCOC(=O)C(C(=O)O)C(=Cc1ccc(F)cc1)C(C)C(=O)O. The fourth-order valence-corrected chi connectivity index (χ4v) is 1.96. The van der Waals surface area contributed by atoms with Crippen LogP contribution in [0.1, 0.15) is 19.4 Å². The van der Waals surface area contributed by atoms with Crippen molar-refractivity contribution in [3.63, 3.8) is 0 Å². The van der Waals surface area contributed by atoms with Gasteiger partial charge in [-0.15, -0.1) is 0 Å². The summed E-state index contributed by atoms with van der Waals surface area (Å²) in [4.78, 5) is 34.6. The van der Waals surface area contributed by atoms with Crippen molar-refractivity contribution < 1.29 is 33.7 Å². The van der Waals surface area contributed by atoms with E-state index >= 15 is 0 Å². The monoisotopic (exact) mass is 324 g/mol. The second kappa shape index (κ2) is 8.07. The van der Waals surface area contributed by atoms with Gasteiger partial charge in [-0.1, -0.05) is 18.2 Å². The number of carboxylic acid groups (broad SMARTS) is 2. The first-order valence-electron chi connectivity index (χ1n) is 6.87. The third-order valence-electron chi connectivity index (χ3n) is 3.18. The molecule has 124 valence electrons. The summed E-state index contributed by atoms with van der Waals surface area (Å²) >= 11 is 0. The highest BCUT2D eigenvalue weighted by Gasteiger charge is 2.36. The number of hydrogen-bond donors (Lipinski definition) is 2. The maximum atomic E-state index is 12.9. The average molecular weight is 324 g/mol. The van der Waals surface area contributed by atoms with Crippen molar-refractivity contribution in [2.45, 2.75) is 13.8 Å². The van der Waals surface area contributed by atoms with Crippen molar-refractivity contribution in [2.24, 2.45) is 11.8 Å². The quantitative estimate of drug-likeness (QED) is 0.589. The maximum Gasteiger partial charge on any atom is 0.324 e. The number of ether oxygens (including phenoxy) is 1. The average Bonchev–Trinajstić information content (AvgIpc) is 2.47. The first kappa shape index (κ1) is 18.3. The van der Waals surface area contributed by atoms with Crippen LogP contribution in [0.3, 0.4) is 0 Å². The molecule has 0 aromatic heterocycles. The van der Waals surface area contributed by atoms with E-state index in [2.05, 4.69) is 0 Å². The summed E-state index contributed by atoms with van der Waals surface area (Å²) in [5.74, 6) is -7.30. The van der Waals surface area contributed by atoms with Crippen molar-refractivity contribution in [1.29, 1.82) is 0 Å². The molecule has 0 saturated heterocycles. The van der Waals surface area contributed by atoms with Crippen molar-refractivity contribution in [3.8, 4) is 0 Å². The molecule has 0 bridgehead atoms. The molecule has 2 unspecified atom stereocenters. The second-order valence-corrected chi connectivity index (χ2v) is 4.78. The third kappa shape index (κ3) is 4.91. The number of carbonyl (C=O) groups excluding carboxylic acids is 1.